The van der Waals surface area contributed by atoms with E-state index < -0.39 is 17.5 Å². The van der Waals surface area contributed by atoms with Crippen LogP contribution in [0.25, 0.3) is 11.1 Å². The standard InChI is InChI=1S/C25H31F3O2/c1-3-5-6-14-29-23-13-11-20(24(27)25(23)28)19-10-9-18(15-21(19)26)22-12-8-17(7-4-2)16-30-22/h9-11,13,15,17,22H,3-8,12,14,16H2,1-2H3. The number of halogens is 3. The molecule has 0 radical (unpaired) electrons. The summed E-state index contributed by atoms with van der Waals surface area (Å²) < 4.78 is 55.1. The first-order valence-electron chi connectivity index (χ1n) is 11.1. The maximum atomic E-state index is 14.8. The van der Waals surface area contributed by atoms with Crippen molar-refractivity contribution in [3.8, 4) is 16.9 Å². The van der Waals surface area contributed by atoms with Crippen LogP contribution in [-0.2, 0) is 4.74 Å². The lowest BCUT2D eigenvalue weighted by Crippen LogP contribution is -2.20. The van der Waals surface area contributed by atoms with Crippen molar-refractivity contribution >= 4 is 0 Å². The van der Waals surface area contributed by atoms with Gasteiger partial charge in [0.25, 0.3) is 0 Å². The second kappa shape index (κ2) is 10.9. The van der Waals surface area contributed by atoms with Crippen LogP contribution in [0.1, 0.15) is 70.5 Å². The molecule has 30 heavy (non-hydrogen) atoms. The molecule has 0 N–H and O–H groups in total. The lowest BCUT2D eigenvalue weighted by molar-refractivity contribution is -0.0195. The van der Waals surface area contributed by atoms with Crippen molar-refractivity contribution in [3.05, 3.63) is 53.3 Å². The van der Waals surface area contributed by atoms with Gasteiger partial charge in [0.2, 0.25) is 5.82 Å². The molecule has 1 aliphatic heterocycles. The van der Waals surface area contributed by atoms with Crippen LogP contribution in [0.2, 0.25) is 0 Å². The molecule has 1 heterocycles. The lowest BCUT2D eigenvalue weighted by Gasteiger charge is -2.29. The van der Waals surface area contributed by atoms with Gasteiger partial charge in [-0.2, -0.15) is 4.39 Å². The Balaban J connectivity index is 1.73. The highest BCUT2D eigenvalue weighted by molar-refractivity contribution is 5.66. The highest BCUT2D eigenvalue weighted by atomic mass is 19.2. The molecule has 0 aromatic heterocycles. The number of hydrogen-bond acceptors (Lipinski definition) is 2. The second-order valence-corrected chi connectivity index (χ2v) is 8.09. The SMILES string of the molecule is CCCCCOc1ccc(-c2ccc(C3CCC(CCC)CO3)cc2F)c(F)c1F. The summed E-state index contributed by atoms with van der Waals surface area (Å²) in [4.78, 5) is 0. The van der Waals surface area contributed by atoms with Gasteiger partial charge in [0.15, 0.2) is 11.6 Å². The molecule has 2 atom stereocenters. The molecule has 0 amide bonds. The first-order valence-corrected chi connectivity index (χ1v) is 11.1. The quantitative estimate of drug-likeness (QED) is 0.389. The predicted molar refractivity (Wildman–Crippen MR) is 113 cm³/mol. The zero-order valence-corrected chi connectivity index (χ0v) is 17.9. The average molecular weight is 421 g/mol. The number of unbranched alkanes of at least 4 members (excludes halogenated alkanes) is 2. The molecule has 1 saturated heterocycles. The molecule has 0 aliphatic carbocycles. The molecule has 0 spiro atoms. The molecule has 164 valence electrons. The van der Waals surface area contributed by atoms with Crippen LogP contribution in [0.4, 0.5) is 13.2 Å². The summed E-state index contributed by atoms with van der Waals surface area (Å²) in [6, 6.07) is 7.37. The van der Waals surface area contributed by atoms with E-state index in [1.165, 1.54) is 24.3 Å². The smallest absolute Gasteiger partial charge is 0.201 e. The van der Waals surface area contributed by atoms with Crippen molar-refractivity contribution in [1.82, 2.24) is 0 Å². The van der Waals surface area contributed by atoms with Crippen LogP contribution in [0.5, 0.6) is 5.75 Å². The summed E-state index contributed by atoms with van der Waals surface area (Å²) in [5.74, 6) is -2.32. The van der Waals surface area contributed by atoms with Crippen LogP contribution < -0.4 is 4.74 Å². The Bertz CT molecular complexity index is 829. The van der Waals surface area contributed by atoms with E-state index >= 15 is 0 Å². The number of benzene rings is 2. The van der Waals surface area contributed by atoms with Gasteiger partial charge >= 0.3 is 0 Å². The van der Waals surface area contributed by atoms with Gasteiger partial charge in [0.05, 0.1) is 19.3 Å². The fourth-order valence-corrected chi connectivity index (χ4v) is 4.04. The normalized spacial score (nSPS) is 19.1. The summed E-state index contributed by atoms with van der Waals surface area (Å²) in [6.07, 6.45) is 6.77. The second-order valence-electron chi connectivity index (χ2n) is 8.09. The van der Waals surface area contributed by atoms with E-state index in [-0.39, 0.29) is 23.0 Å². The molecule has 2 aromatic carbocycles. The first kappa shape index (κ1) is 22.7. The van der Waals surface area contributed by atoms with E-state index in [9.17, 15) is 13.2 Å². The molecule has 2 nitrogen and oxygen atoms in total. The summed E-state index contributed by atoms with van der Waals surface area (Å²) in [7, 11) is 0. The maximum absolute atomic E-state index is 14.8. The fraction of sp³-hybridized carbons (Fsp3) is 0.520. The fourth-order valence-electron chi connectivity index (χ4n) is 4.04. The molecule has 0 saturated carbocycles. The van der Waals surface area contributed by atoms with E-state index in [0.29, 0.717) is 19.1 Å². The molecule has 2 unspecified atom stereocenters. The molecule has 1 fully saturated rings. The minimum absolute atomic E-state index is 0.0346. The summed E-state index contributed by atoms with van der Waals surface area (Å²) in [5, 5.41) is 0. The Morgan fingerprint density at radius 3 is 2.40 bits per heavy atom. The Kier molecular flexibility index (Phi) is 8.20. The third-order valence-corrected chi connectivity index (χ3v) is 5.77. The maximum Gasteiger partial charge on any atom is 0.201 e. The summed E-state index contributed by atoms with van der Waals surface area (Å²) in [6.45, 7) is 5.22. The third-order valence-electron chi connectivity index (χ3n) is 5.77. The van der Waals surface area contributed by atoms with Crippen LogP contribution in [-0.4, -0.2) is 13.2 Å². The Labute approximate surface area is 177 Å². The summed E-state index contributed by atoms with van der Waals surface area (Å²) in [5.41, 5.74) is 0.667. The van der Waals surface area contributed by atoms with Crippen molar-refractivity contribution in [2.75, 3.05) is 13.2 Å². The molecule has 2 aromatic rings. The van der Waals surface area contributed by atoms with Gasteiger partial charge in [0, 0.05) is 11.1 Å². The van der Waals surface area contributed by atoms with E-state index in [2.05, 4.69) is 13.8 Å². The molecule has 3 rings (SSSR count). The monoisotopic (exact) mass is 420 g/mol. The van der Waals surface area contributed by atoms with E-state index in [4.69, 9.17) is 9.47 Å². The predicted octanol–water partition coefficient (Wildman–Crippen LogP) is 7.61. The Morgan fingerprint density at radius 1 is 0.933 bits per heavy atom. The van der Waals surface area contributed by atoms with Gasteiger partial charge in [-0.25, -0.2) is 8.78 Å². The largest absolute Gasteiger partial charge is 0.490 e. The van der Waals surface area contributed by atoms with E-state index in [1.54, 1.807) is 6.07 Å². The van der Waals surface area contributed by atoms with Gasteiger partial charge in [-0.1, -0.05) is 45.2 Å². The number of ether oxygens (including phenoxy) is 2. The summed E-state index contributed by atoms with van der Waals surface area (Å²) >= 11 is 0. The highest BCUT2D eigenvalue weighted by Gasteiger charge is 2.24. The van der Waals surface area contributed by atoms with Crippen LogP contribution in [0.3, 0.4) is 0 Å². The van der Waals surface area contributed by atoms with Gasteiger partial charge in [-0.05, 0) is 55.4 Å². The Morgan fingerprint density at radius 2 is 1.73 bits per heavy atom. The molecular formula is C25H31F3O2. The van der Waals surface area contributed by atoms with Crippen molar-refractivity contribution in [3.63, 3.8) is 0 Å². The minimum atomic E-state index is -1.09. The van der Waals surface area contributed by atoms with E-state index in [0.717, 1.165) is 50.5 Å². The molecule has 5 heteroatoms. The molecular weight excluding hydrogens is 389 g/mol. The first-order chi connectivity index (χ1) is 14.5. The highest BCUT2D eigenvalue weighted by Crippen LogP contribution is 2.36. The number of hydrogen-bond donors (Lipinski definition) is 0. The van der Waals surface area contributed by atoms with Crippen LogP contribution in [0, 0.1) is 23.4 Å². The van der Waals surface area contributed by atoms with Crippen molar-refractivity contribution in [1.29, 1.82) is 0 Å². The van der Waals surface area contributed by atoms with Crippen LogP contribution >= 0.6 is 0 Å². The van der Waals surface area contributed by atoms with Crippen molar-refractivity contribution in [2.24, 2.45) is 5.92 Å². The van der Waals surface area contributed by atoms with Crippen LogP contribution in [0.15, 0.2) is 30.3 Å². The van der Waals surface area contributed by atoms with Gasteiger partial charge < -0.3 is 9.47 Å². The third kappa shape index (κ3) is 5.37. The zero-order valence-electron chi connectivity index (χ0n) is 17.9. The van der Waals surface area contributed by atoms with E-state index in [1.807, 2.05) is 0 Å². The zero-order chi connectivity index (χ0) is 21.5. The number of rotatable bonds is 9. The lowest BCUT2D eigenvalue weighted by atomic mass is 9.91. The Hall–Kier alpha value is -2.01. The molecule has 0 bridgehead atoms. The topological polar surface area (TPSA) is 18.5 Å². The average Bonchev–Trinajstić information content (AvgIpc) is 2.75. The van der Waals surface area contributed by atoms with Crippen molar-refractivity contribution in [2.45, 2.75) is 64.9 Å². The van der Waals surface area contributed by atoms with Gasteiger partial charge in [-0.15, -0.1) is 0 Å². The van der Waals surface area contributed by atoms with Gasteiger partial charge in [0.1, 0.15) is 5.82 Å². The van der Waals surface area contributed by atoms with Gasteiger partial charge in [-0.3, -0.25) is 0 Å². The minimum Gasteiger partial charge on any atom is -0.490 e. The molecule has 1 aliphatic rings. The van der Waals surface area contributed by atoms with Crippen molar-refractivity contribution < 1.29 is 22.6 Å².